The molecule has 1 rings (SSSR count). The summed E-state index contributed by atoms with van der Waals surface area (Å²) in [6, 6.07) is 2.29. The van der Waals surface area contributed by atoms with Crippen molar-refractivity contribution in [3.8, 4) is 0 Å². The number of hydrogen-bond acceptors (Lipinski definition) is 1. The van der Waals surface area contributed by atoms with Gasteiger partial charge in [-0.1, -0.05) is 6.92 Å². The van der Waals surface area contributed by atoms with E-state index in [0.717, 1.165) is 6.07 Å². The van der Waals surface area contributed by atoms with Gasteiger partial charge < -0.3 is 5.11 Å². The maximum atomic E-state index is 13.1. The lowest BCUT2D eigenvalue weighted by molar-refractivity contribution is 0.270. The number of rotatable bonds is 2. The number of hydrogen-bond donors (Lipinski definition) is 1. The van der Waals surface area contributed by atoms with Crippen molar-refractivity contribution in [2.24, 2.45) is 0 Å². The topological polar surface area (TPSA) is 20.2 Å². The molecule has 0 fully saturated rings. The normalized spacial score (nSPS) is 13.0. The summed E-state index contributed by atoms with van der Waals surface area (Å²) in [6.07, 6.45) is 0. The second-order valence-corrected chi connectivity index (χ2v) is 3.21. The van der Waals surface area contributed by atoms with Crippen molar-refractivity contribution in [1.29, 1.82) is 0 Å². The van der Waals surface area contributed by atoms with E-state index in [1.807, 2.05) is 0 Å². The standard InChI is InChI=1S/C10H12F2O/c1-6-3-8(7(2)5-13)10(12)4-9(6)11/h3-4,7,13H,5H2,1-2H3. The van der Waals surface area contributed by atoms with Crippen LogP contribution in [0.4, 0.5) is 8.78 Å². The van der Waals surface area contributed by atoms with Gasteiger partial charge in [0.05, 0.1) is 0 Å². The van der Waals surface area contributed by atoms with E-state index in [0.29, 0.717) is 11.1 Å². The third-order valence-electron chi connectivity index (χ3n) is 2.08. The molecule has 0 amide bonds. The van der Waals surface area contributed by atoms with Crippen LogP contribution in [0.5, 0.6) is 0 Å². The van der Waals surface area contributed by atoms with Crippen molar-refractivity contribution >= 4 is 0 Å². The quantitative estimate of drug-likeness (QED) is 0.751. The molecule has 1 aromatic rings. The van der Waals surface area contributed by atoms with Crippen LogP contribution in [0.1, 0.15) is 24.0 Å². The molecule has 0 spiro atoms. The van der Waals surface area contributed by atoms with Gasteiger partial charge in [-0.15, -0.1) is 0 Å². The van der Waals surface area contributed by atoms with E-state index < -0.39 is 11.6 Å². The molecule has 0 aliphatic carbocycles. The Labute approximate surface area is 76.0 Å². The summed E-state index contributed by atoms with van der Waals surface area (Å²) in [7, 11) is 0. The van der Waals surface area contributed by atoms with Crippen LogP contribution >= 0.6 is 0 Å². The van der Waals surface area contributed by atoms with Crippen molar-refractivity contribution in [3.05, 3.63) is 34.9 Å². The monoisotopic (exact) mass is 186 g/mol. The average Bonchev–Trinajstić information content (AvgIpc) is 2.10. The zero-order valence-corrected chi connectivity index (χ0v) is 7.64. The number of benzene rings is 1. The Balaban J connectivity index is 3.15. The van der Waals surface area contributed by atoms with E-state index in [2.05, 4.69) is 0 Å². The third-order valence-corrected chi connectivity index (χ3v) is 2.08. The van der Waals surface area contributed by atoms with Crippen LogP contribution in [0.2, 0.25) is 0 Å². The maximum absolute atomic E-state index is 13.1. The SMILES string of the molecule is Cc1cc(C(C)CO)c(F)cc1F. The fourth-order valence-corrected chi connectivity index (χ4v) is 1.16. The molecule has 0 aliphatic heterocycles. The maximum Gasteiger partial charge on any atom is 0.129 e. The number of aryl methyl sites for hydroxylation is 1. The summed E-state index contributed by atoms with van der Waals surface area (Å²) in [5, 5.41) is 8.81. The van der Waals surface area contributed by atoms with Crippen LogP contribution in [0.25, 0.3) is 0 Å². The molecular weight excluding hydrogens is 174 g/mol. The van der Waals surface area contributed by atoms with Crippen molar-refractivity contribution in [3.63, 3.8) is 0 Å². The zero-order valence-electron chi connectivity index (χ0n) is 7.64. The van der Waals surface area contributed by atoms with Gasteiger partial charge in [-0.2, -0.15) is 0 Å². The Bertz CT molecular complexity index is 310. The van der Waals surface area contributed by atoms with E-state index in [4.69, 9.17) is 5.11 Å². The second-order valence-electron chi connectivity index (χ2n) is 3.21. The van der Waals surface area contributed by atoms with Crippen molar-refractivity contribution in [2.45, 2.75) is 19.8 Å². The van der Waals surface area contributed by atoms with Crippen molar-refractivity contribution in [2.75, 3.05) is 6.61 Å². The van der Waals surface area contributed by atoms with Crippen molar-refractivity contribution < 1.29 is 13.9 Å². The van der Waals surface area contributed by atoms with Crippen LogP contribution in [-0.2, 0) is 0 Å². The molecule has 0 heterocycles. The van der Waals surface area contributed by atoms with Gasteiger partial charge in [-0.3, -0.25) is 0 Å². The third kappa shape index (κ3) is 2.04. The first kappa shape index (κ1) is 10.1. The summed E-state index contributed by atoms with van der Waals surface area (Å²) in [5.74, 6) is -1.43. The summed E-state index contributed by atoms with van der Waals surface area (Å²) < 4.78 is 25.9. The molecule has 0 saturated heterocycles. The molecule has 0 aliphatic rings. The lowest BCUT2D eigenvalue weighted by Gasteiger charge is -2.10. The molecule has 0 bridgehead atoms. The minimum Gasteiger partial charge on any atom is -0.396 e. The summed E-state index contributed by atoms with van der Waals surface area (Å²) >= 11 is 0. The molecule has 0 aromatic heterocycles. The molecule has 1 N–H and O–H groups in total. The minimum absolute atomic E-state index is 0.137. The highest BCUT2D eigenvalue weighted by atomic mass is 19.1. The molecule has 72 valence electrons. The summed E-state index contributed by atoms with van der Waals surface area (Å²) in [4.78, 5) is 0. The Kier molecular flexibility index (Phi) is 2.98. The highest BCUT2D eigenvalue weighted by Gasteiger charge is 2.12. The van der Waals surface area contributed by atoms with Gasteiger partial charge in [0, 0.05) is 18.6 Å². The predicted octanol–water partition coefficient (Wildman–Crippen LogP) is 2.37. The molecule has 0 saturated carbocycles. The Morgan fingerprint density at radius 2 is 1.92 bits per heavy atom. The fraction of sp³-hybridized carbons (Fsp3) is 0.400. The van der Waals surface area contributed by atoms with E-state index in [1.165, 1.54) is 6.07 Å². The molecule has 3 heteroatoms. The average molecular weight is 186 g/mol. The number of aliphatic hydroxyl groups excluding tert-OH is 1. The van der Waals surface area contributed by atoms with E-state index in [-0.39, 0.29) is 12.5 Å². The number of aliphatic hydroxyl groups is 1. The molecular formula is C10H12F2O. The first-order valence-electron chi connectivity index (χ1n) is 4.12. The molecule has 1 unspecified atom stereocenters. The van der Waals surface area contributed by atoms with E-state index in [9.17, 15) is 8.78 Å². The van der Waals surface area contributed by atoms with E-state index >= 15 is 0 Å². The molecule has 1 aromatic carbocycles. The van der Waals surface area contributed by atoms with Gasteiger partial charge in [0.1, 0.15) is 11.6 Å². The predicted molar refractivity (Wildman–Crippen MR) is 46.6 cm³/mol. The summed E-state index contributed by atoms with van der Waals surface area (Å²) in [6.45, 7) is 3.13. The van der Waals surface area contributed by atoms with Gasteiger partial charge in [0.15, 0.2) is 0 Å². The van der Waals surface area contributed by atoms with Crippen molar-refractivity contribution in [1.82, 2.24) is 0 Å². The van der Waals surface area contributed by atoms with Gasteiger partial charge >= 0.3 is 0 Å². The first-order chi connectivity index (χ1) is 6.06. The van der Waals surface area contributed by atoms with Crippen LogP contribution in [0, 0.1) is 18.6 Å². The molecule has 13 heavy (non-hydrogen) atoms. The fourth-order valence-electron chi connectivity index (χ4n) is 1.16. The van der Waals surface area contributed by atoms with Gasteiger partial charge in [0.25, 0.3) is 0 Å². The molecule has 0 radical (unpaired) electrons. The lowest BCUT2D eigenvalue weighted by atomic mass is 9.99. The molecule has 1 nitrogen and oxygen atoms in total. The zero-order chi connectivity index (χ0) is 10.0. The van der Waals surface area contributed by atoms with Gasteiger partial charge in [-0.25, -0.2) is 8.78 Å². The highest BCUT2D eigenvalue weighted by molar-refractivity contribution is 5.28. The largest absolute Gasteiger partial charge is 0.396 e. The second kappa shape index (κ2) is 3.83. The Hall–Kier alpha value is -0.960. The Morgan fingerprint density at radius 1 is 1.31 bits per heavy atom. The first-order valence-corrected chi connectivity index (χ1v) is 4.12. The highest BCUT2D eigenvalue weighted by Crippen LogP contribution is 2.21. The minimum atomic E-state index is -0.593. The van der Waals surface area contributed by atoms with Crippen LogP contribution < -0.4 is 0 Å². The van der Waals surface area contributed by atoms with Crippen LogP contribution in [-0.4, -0.2) is 11.7 Å². The van der Waals surface area contributed by atoms with E-state index in [1.54, 1.807) is 13.8 Å². The van der Waals surface area contributed by atoms with Gasteiger partial charge in [-0.05, 0) is 24.1 Å². The number of halogens is 2. The lowest BCUT2D eigenvalue weighted by Crippen LogP contribution is -2.03. The smallest absolute Gasteiger partial charge is 0.129 e. The van der Waals surface area contributed by atoms with Crippen LogP contribution in [0.3, 0.4) is 0 Å². The Morgan fingerprint density at radius 3 is 2.46 bits per heavy atom. The molecule has 1 atom stereocenters. The summed E-state index contributed by atoms with van der Waals surface area (Å²) in [5.41, 5.74) is 0.762. The van der Waals surface area contributed by atoms with Gasteiger partial charge in [0.2, 0.25) is 0 Å². The van der Waals surface area contributed by atoms with Crippen LogP contribution in [0.15, 0.2) is 12.1 Å².